The summed E-state index contributed by atoms with van der Waals surface area (Å²) < 4.78 is 10.9. The summed E-state index contributed by atoms with van der Waals surface area (Å²) in [5.41, 5.74) is 4.98. The van der Waals surface area contributed by atoms with E-state index in [1.807, 2.05) is 36.4 Å². The Bertz CT molecular complexity index is 1130. The predicted molar refractivity (Wildman–Crippen MR) is 137 cm³/mol. The number of fused-ring (bicyclic) bond motifs is 1. The van der Waals surface area contributed by atoms with Crippen molar-refractivity contribution in [1.82, 2.24) is 20.1 Å². The third-order valence-electron chi connectivity index (χ3n) is 6.73. The van der Waals surface area contributed by atoms with E-state index in [-0.39, 0.29) is 5.91 Å². The van der Waals surface area contributed by atoms with Crippen LogP contribution in [0.15, 0.2) is 36.4 Å². The van der Waals surface area contributed by atoms with Gasteiger partial charge in [-0.25, -0.2) is 0 Å². The molecule has 0 atom stereocenters. The number of rotatable bonds is 9. The van der Waals surface area contributed by atoms with E-state index in [0.29, 0.717) is 23.6 Å². The number of carbonyl (C=O) groups excluding carboxylic acids is 1. The highest BCUT2D eigenvalue weighted by Crippen LogP contribution is 2.36. The zero-order valence-electron chi connectivity index (χ0n) is 20.7. The summed E-state index contributed by atoms with van der Waals surface area (Å²) in [5, 5.41) is 4.18. The maximum absolute atomic E-state index is 12.8. The van der Waals surface area contributed by atoms with E-state index in [4.69, 9.17) is 9.47 Å². The molecular weight excluding hydrogens is 428 g/mol. The number of hydrogen-bond acceptors (Lipinski definition) is 5. The van der Waals surface area contributed by atoms with Crippen molar-refractivity contribution in [2.24, 2.45) is 0 Å². The number of amides is 1. The second-order valence-electron chi connectivity index (χ2n) is 8.92. The zero-order valence-corrected chi connectivity index (χ0v) is 20.7. The lowest BCUT2D eigenvalue weighted by Gasteiger charge is -2.32. The van der Waals surface area contributed by atoms with E-state index in [1.54, 1.807) is 14.2 Å². The molecule has 0 spiro atoms. The molecule has 1 aromatic heterocycles. The molecule has 7 nitrogen and oxygen atoms in total. The van der Waals surface area contributed by atoms with Crippen LogP contribution in [-0.2, 0) is 6.42 Å². The summed E-state index contributed by atoms with van der Waals surface area (Å²) in [6.45, 7) is 8.31. The number of nitrogens with zero attached hydrogens (tertiary/aromatic N) is 2. The minimum absolute atomic E-state index is 0.0174. The van der Waals surface area contributed by atoms with Gasteiger partial charge in [-0.2, -0.15) is 0 Å². The van der Waals surface area contributed by atoms with E-state index in [0.717, 1.165) is 67.7 Å². The Morgan fingerprint density at radius 1 is 1.03 bits per heavy atom. The number of carbonyl (C=O) groups is 1. The number of nitrogens with one attached hydrogen (secondary N) is 2. The average Bonchev–Trinajstić information content (AvgIpc) is 3.24. The summed E-state index contributed by atoms with van der Waals surface area (Å²) in [6, 6.07) is 11.8. The maximum atomic E-state index is 12.8. The van der Waals surface area contributed by atoms with E-state index in [2.05, 4.69) is 34.1 Å². The minimum Gasteiger partial charge on any atom is -0.493 e. The number of H-pyrrole nitrogens is 1. The van der Waals surface area contributed by atoms with Gasteiger partial charge >= 0.3 is 0 Å². The zero-order chi connectivity index (χ0) is 24.1. The monoisotopic (exact) mass is 464 g/mol. The van der Waals surface area contributed by atoms with Crippen molar-refractivity contribution >= 4 is 16.8 Å². The Hall–Kier alpha value is -3.03. The van der Waals surface area contributed by atoms with Crippen LogP contribution in [0.25, 0.3) is 22.2 Å². The van der Waals surface area contributed by atoms with Crippen LogP contribution in [-0.4, -0.2) is 81.2 Å². The number of benzene rings is 2. The number of aromatic amines is 1. The first-order valence-corrected chi connectivity index (χ1v) is 12.1. The van der Waals surface area contributed by atoms with Gasteiger partial charge < -0.3 is 29.6 Å². The van der Waals surface area contributed by atoms with Crippen LogP contribution < -0.4 is 14.8 Å². The Labute approximate surface area is 202 Å². The molecule has 2 heterocycles. The molecule has 3 aromatic rings. The lowest BCUT2D eigenvalue weighted by molar-refractivity contribution is 0.0949. The second kappa shape index (κ2) is 10.9. The summed E-state index contributed by atoms with van der Waals surface area (Å²) in [5.74, 6) is 1.38. The normalized spacial score (nSPS) is 14.9. The van der Waals surface area contributed by atoms with Gasteiger partial charge in [-0.1, -0.05) is 6.92 Å². The molecule has 1 amide bonds. The molecule has 1 aliphatic heterocycles. The molecule has 0 saturated carbocycles. The minimum atomic E-state index is -0.0174. The van der Waals surface area contributed by atoms with Gasteiger partial charge in [-0.05, 0) is 68.4 Å². The quantitative estimate of drug-likeness (QED) is 0.472. The van der Waals surface area contributed by atoms with Crippen LogP contribution in [0.2, 0.25) is 0 Å². The van der Waals surface area contributed by atoms with Crippen molar-refractivity contribution in [1.29, 1.82) is 0 Å². The highest BCUT2D eigenvalue weighted by atomic mass is 16.5. The first-order chi connectivity index (χ1) is 16.5. The molecule has 1 fully saturated rings. The van der Waals surface area contributed by atoms with Gasteiger partial charge in [-0.15, -0.1) is 0 Å². The second-order valence-corrected chi connectivity index (χ2v) is 8.92. The number of aryl methyl sites for hydroxylation is 1. The topological polar surface area (TPSA) is 69.8 Å². The van der Waals surface area contributed by atoms with Crippen LogP contribution >= 0.6 is 0 Å². The van der Waals surface area contributed by atoms with Crippen LogP contribution in [0.5, 0.6) is 11.5 Å². The molecule has 0 bridgehead atoms. The first kappa shape index (κ1) is 24.1. The van der Waals surface area contributed by atoms with E-state index in [1.165, 1.54) is 5.56 Å². The first-order valence-electron chi connectivity index (χ1n) is 12.1. The van der Waals surface area contributed by atoms with Gasteiger partial charge in [0.1, 0.15) is 0 Å². The fourth-order valence-corrected chi connectivity index (χ4v) is 4.67. The lowest BCUT2D eigenvalue weighted by atomic mass is 10.0. The maximum Gasteiger partial charge on any atom is 0.251 e. The Balaban J connectivity index is 1.46. The van der Waals surface area contributed by atoms with Crippen molar-refractivity contribution in [3.63, 3.8) is 0 Å². The number of piperazine rings is 1. The molecule has 2 aromatic carbocycles. The van der Waals surface area contributed by atoms with Gasteiger partial charge in [-0.3, -0.25) is 4.79 Å². The number of ether oxygens (including phenoxy) is 2. The number of likely N-dealkylation sites (N-methyl/N-ethyl adjacent to an activating group) is 1. The number of methoxy groups -OCH3 is 2. The van der Waals surface area contributed by atoms with Gasteiger partial charge in [0.25, 0.3) is 5.91 Å². The number of aromatic nitrogens is 1. The standard InChI is InChI=1S/C27H36N4O3/c1-5-21-22-17-20(27(32)28-11-6-12-31-15-13-30(2)14-16-31)7-9-23(22)29-26(21)19-8-10-24(33-3)25(18-19)34-4/h7-10,17-18,29H,5-6,11-16H2,1-4H3,(H,28,32). The number of hydrogen-bond donors (Lipinski definition) is 2. The Kier molecular flexibility index (Phi) is 7.75. The van der Waals surface area contributed by atoms with Crippen molar-refractivity contribution in [3.8, 4) is 22.8 Å². The van der Waals surface area contributed by atoms with E-state index in [9.17, 15) is 4.79 Å². The third-order valence-corrected chi connectivity index (χ3v) is 6.73. The predicted octanol–water partition coefficient (Wildman–Crippen LogP) is 3.78. The average molecular weight is 465 g/mol. The van der Waals surface area contributed by atoms with Crippen LogP contribution in [0.3, 0.4) is 0 Å². The molecule has 0 unspecified atom stereocenters. The van der Waals surface area contributed by atoms with Gasteiger partial charge in [0.05, 0.1) is 14.2 Å². The largest absolute Gasteiger partial charge is 0.493 e. The molecule has 0 aliphatic carbocycles. The van der Waals surface area contributed by atoms with Crippen LogP contribution in [0.4, 0.5) is 0 Å². The van der Waals surface area contributed by atoms with Gasteiger partial charge in [0, 0.05) is 60.4 Å². The molecule has 1 saturated heterocycles. The summed E-state index contributed by atoms with van der Waals surface area (Å²) in [7, 11) is 5.44. The SMILES string of the molecule is CCc1c(-c2ccc(OC)c(OC)c2)[nH]c2ccc(C(=O)NCCCN3CCN(C)CC3)cc12. The fourth-order valence-electron chi connectivity index (χ4n) is 4.67. The van der Waals surface area contributed by atoms with E-state index >= 15 is 0 Å². The van der Waals surface area contributed by atoms with Crippen molar-refractivity contribution < 1.29 is 14.3 Å². The summed E-state index contributed by atoms with van der Waals surface area (Å²) >= 11 is 0. The molecule has 34 heavy (non-hydrogen) atoms. The highest BCUT2D eigenvalue weighted by molar-refractivity contribution is 6.00. The van der Waals surface area contributed by atoms with Crippen LogP contribution in [0, 0.1) is 0 Å². The molecular formula is C27H36N4O3. The van der Waals surface area contributed by atoms with Crippen molar-refractivity contribution in [2.75, 3.05) is 60.5 Å². The van der Waals surface area contributed by atoms with E-state index < -0.39 is 0 Å². The highest BCUT2D eigenvalue weighted by Gasteiger charge is 2.17. The fraction of sp³-hybridized carbons (Fsp3) is 0.444. The lowest BCUT2D eigenvalue weighted by Crippen LogP contribution is -2.45. The van der Waals surface area contributed by atoms with Gasteiger partial charge in [0.15, 0.2) is 11.5 Å². The third kappa shape index (κ3) is 5.21. The molecule has 4 rings (SSSR count). The molecule has 2 N–H and O–H groups in total. The van der Waals surface area contributed by atoms with Gasteiger partial charge in [0.2, 0.25) is 0 Å². The molecule has 1 aliphatic rings. The van der Waals surface area contributed by atoms with Crippen molar-refractivity contribution in [3.05, 3.63) is 47.5 Å². The molecule has 7 heteroatoms. The smallest absolute Gasteiger partial charge is 0.251 e. The van der Waals surface area contributed by atoms with Crippen molar-refractivity contribution in [2.45, 2.75) is 19.8 Å². The Morgan fingerprint density at radius 3 is 2.50 bits per heavy atom. The molecule has 182 valence electrons. The summed E-state index contributed by atoms with van der Waals surface area (Å²) in [4.78, 5) is 21.2. The summed E-state index contributed by atoms with van der Waals surface area (Å²) in [6.07, 6.45) is 1.81. The molecule has 0 radical (unpaired) electrons. The Morgan fingerprint density at radius 2 is 1.79 bits per heavy atom. The van der Waals surface area contributed by atoms with Crippen LogP contribution in [0.1, 0.15) is 29.3 Å².